The summed E-state index contributed by atoms with van der Waals surface area (Å²) in [7, 11) is 2.03. The van der Waals surface area contributed by atoms with E-state index in [9.17, 15) is 0 Å². The summed E-state index contributed by atoms with van der Waals surface area (Å²) >= 11 is 0. The van der Waals surface area contributed by atoms with Crippen molar-refractivity contribution in [1.82, 2.24) is 0 Å². The Balaban J connectivity index is 3.03. The molecule has 0 heterocycles. The summed E-state index contributed by atoms with van der Waals surface area (Å²) in [6, 6.07) is 6.45. The number of allylic oxidation sites excluding steroid dienone is 1. The standard InChI is InChI=1S/C12H17N/c1-9(2)13(5)12-7-6-10(3)11(4)8-12/h6-8H,1H2,2-5H3. The highest BCUT2D eigenvalue weighted by Gasteiger charge is 2.01. The van der Waals surface area contributed by atoms with E-state index in [1.165, 1.54) is 16.8 Å². The highest BCUT2D eigenvalue weighted by atomic mass is 15.1. The van der Waals surface area contributed by atoms with Crippen LogP contribution in [0.5, 0.6) is 0 Å². The molecule has 0 bridgehead atoms. The van der Waals surface area contributed by atoms with Crippen molar-refractivity contribution in [1.29, 1.82) is 0 Å². The fraction of sp³-hybridized carbons (Fsp3) is 0.333. The Hall–Kier alpha value is -1.24. The molecule has 1 rings (SSSR count). The van der Waals surface area contributed by atoms with Gasteiger partial charge < -0.3 is 4.90 Å². The second kappa shape index (κ2) is 3.65. The van der Waals surface area contributed by atoms with Crippen LogP contribution in [0.1, 0.15) is 18.1 Å². The largest absolute Gasteiger partial charge is 0.349 e. The normalized spacial score (nSPS) is 9.85. The summed E-state index contributed by atoms with van der Waals surface area (Å²) in [5.41, 5.74) is 4.92. The smallest absolute Gasteiger partial charge is 0.0408 e. The number of hydrogen-bond acceptors (Lipinski definition) is 1. The number of hydrogen-bond donors (Lipinski definition) is 0. The maximum Gasteiger partial charge on any atom is 0.0408 e. The molecular formula is C12H17N. The maximum absolute atomic E-state index is 3.91. The van der Waals surface area contributed by atoms with E-state index in [-0.39, 0.29) is 0 Å². The third kappa shape index (κ3) is 2.11. The van der Waals surface area contributed by atoms with Crippen LogP contribution in [0.15, 0.2) is 30.5 Å². The highest BCUT2D eigenvalue weighted by Crippen LogP contribution is 2.19. The molecule has 1 aromatic carbocycles. The molecule has 0 unspecified atom stereocenters. The summed E-state index contributed by atoms with van der Waals surface area (Å²) in [5, 5.41) is 0. The van der Waals surface area contributed by atoms with Crippen LogP contribution in [-0.4, -0.2) is 7.05 Å². The first-order valence-electron chi connectivity index (χ1n) is 4.49. The van der Waals surface area contributed by atoms with Crippen molar-refractivity contribution in [2.75, 3.05) is 11.9 Å². The molecule has 0 spiro atoms. The second-order valence-electron chi connectivity index (χ2n) is 3.56. The molecule has 0 fully saturated rings. The van der Waals surface area contributed by atoms with Gasteiger partial charge in [-0.15, -0.1) is 0 Å². The van der Waals surface area contributed by atoms with Gasteiger partial charge in [0.2, 0.25) is 0 Å². The van der Waals surface area contributed by atoms with Crippen LogP contribution in [0.4, 0.5) is 5.69 Å². The third-order valence-electron chi connectivity index (χ3n) is 2.45. The van der Waals surface area contributed by atoms with Crippen molar-refractivity contribution < 1.29 is 0 Å². The molecule has 1 heteroatoms. The third-order valence-corrected chi connectivity index (χ3v) is 2.45. The zero-order chi connectivity index (χ0) is 10.0. The van der Waals surface area contributed by atoms with Crippen LogP contribution in [0.3, 0.4) is 0 Å². The van der Waals surface area contributed by atoms with Crippen molar-refractivity contribution in [2.45, 2.75) is 20.8 Å². The van der Waals surface area contributed by atoms with Gasteiger partial charge >= 0.3 is 0 Å². The summed E-state index contributed by atoms with van der Waals surface area (Å²) in [5.74, 6) is 0. The minimum absolute atomic E-state index is 1.06. The fourth-order valence-electron chi connectivity index (χ4n) is 1.15. The summed E-state index contributed by atoms with van der Waals surface area (Å²) < 4.78 is 0. The first kappa shape index (κ1) is 9.85. The Labute approximate surface area is 80.7 Å². The molecule has 0 aliphatic heterocycles. The molecule has 0 atom stereocenters. The van der Waals surface area contributed by atoms with Gasteiger partial charge in [-0.1, -0.05) is 12.6 Å². The molecule has 0 aromatic heterocycles. The average molecular weight is 175 g/mol. The van der Waals surface area contributed by atoms with Gasteiger partial charge in [0.25, 0.3) is 0 Å². The van der Waals surface area contributed by atoms with Crippen LogP contribution in [0, 0.1) is 13.8 Å². The van der Waals surface area contributed by atoms with E-state index in [2.05, 4.69) is 43.5 Å². The molecule has 0 amide bonds. The average Bonchev–Trinajstić information content (AvgIpc) is 2.08. The lowest BCUT2D eigenvalue weighted by Gasteiger charge is -2.19. The van der Waals surface area contributed by atoms with E-state index in [1.54, 1.807) is 0 Å². The molecule has 0 N–H and O–H groups in total. The zero-order valence-electron chi connectivity index (χ0n) is 8.89. The van der Waals surface area contributed by atoms with Crippen molar-refractivity contribution >= 4 is 5.69 Å². The van der Waals surface area contributed by atoms with Crippen LogP contribution < -0.4 is 4.90 Å². The van der Waals surface area contributed by atoms with Crippen LogP contribution in [0.25, 0.3) is 0 Å². The monoisotopic (exact) mass is 175 g/mol. The van der Waals surface area contributed by atoms with E-state index < -0.39 is 0 Å². The van der Waals surface area contributed by atoms with Crippen molar-refractivity contribution in [3.63, 3.8) is 0 Å². The molecule has 1 aromatic rings. The topological polar surface area (TPSA) is 3.24 Å². The van der Waals surface area contributed by atoms with Gasteiger partial charge in [0.05, 0.1) is 0 Å². The lowest BCUT2D eigenvalue weighted by Crippen LogP contribution is -2.13. The molecule has 0 aliphatic carbocycles. The van der Waals surface area contributed by atoms with Gasteiger partial charge in [-0.3, -0.25) is 0 Å². The van der Waals surface area contributed by atoms with Gasteiger partial charge in [0.1, 0.15) is 0 Å². The van der Waals surface area contributed by atoms with Crippen LogP contribution in [0.2, 0.25) is 0 Å². The molecule has 0 saturated heterocycles. The second-order valence-corrected chi connectivity index (χ2v) is 3.56. The fourth-order valence-corrected chi connectivity index (χ4v) is 1.15. The summed E-state index contributed by atoms with van der Waals surface area (Å²) in [6.45, 7) is 10.2. The van der Waals surface area contributed by atoms with Gasteiger partial charge in [-0.2, -0.15) is 0 Å². The van der Waals surface area contributed by atoms with Crippen molar-refractivity contribution in [2.24, 2.45) is 0 Å². The first-order valence-corrected chi connectivity index (χ1v) is 4.49. The van der Waals surface area contributed by atoms with Gasteiger partial charge in [-0.05, 0) is 44.0 Å². The molecular weight excluding hydrogens is 158 g/mol. The lowest BCUT2D eigenvalue weighted by molar-refractivity contribution is 1.09. The molecule has 1 nitrogen and oxygen atoms in total. The SMILES string of the molecule is C=C(C)N(C)c1ccc(C)c(C)c1. The molecule has 70 valence electrons. The Bertz CT molecular complexity index is 326. The van der Waals surface area contributed by atoms with Gasteiger partial charge in [-0.25, -0.2) is 0 Å². The molecule has 13 heavy (non-hydrogen) atoms. The number of benzene rings is 1. The van der Waals surface area contributed by atoms with E-state index in [4.69, 9.17) is 0 Å². The van der Waals surface area contributed by atoms with Crippen molar-refractivity contribution in [3.05, 3.63) is 41.6 Å². The number of nitrogens with zero attached hydrogens (tertiary/aromatic N) is 1. The van der Waals surface area contributed by atoms with Gasteiger partial charge in [0, 0.05) is 18.4 Å². The Kier molecular flexibility index (Phi) is 2.76. The maximum atomic E-state index is 3.91. The van der Waals surface area contributed by atoms with Gasteiger partial charge in [0.15, 0.2) is 0 Å². The predicted octanol–water partition coefficient (Wildman–Crippen LogP) is 3.27. The highest BCUT2D eigenvalue weighted by molar-refractivity contribution is 5.53. The Morgan fingerprint density at radius 1 is 1.23 bits per heavy atom. The van der Waals surface area contributed by atoms with Crippen LogP contribution >= 0.6 is 0 Å². The minimum Gasteiger partial charge on any atom is -0.349 e. The molecule has 0 radical (unpaired) electrons. The van der Waals surface area contributed by atoms with E-state index >= 15 is 0 Å². The summed E-state index contributed by atoms with van der Waals surface area (Å²) in [6.07, 6.45) is 0. The zero-order valence-corrected chi connectivity index (χ0v) is 8.89. The predicted molar refractivity (Wildman–Crippen MR) is 59.1 cm³/mol. The first-order chi connectivity index (χ1) is 6.02. The van der Waals surface area contributed by atoms with E-state index in [0.29, 0.717) is 0 Å². The van der Waals surface area contributed by atoms with Crippen molar-refractivity contribution in [3.8, 4) is 0 Å². The molecule has 0 aliphatic rings. The summed E-state index contributed by atoms with van der Waals surface area (Å²) in [4.78, 5) is 2.09. The molecule has 0 saturated carbocycles. The Morgan fingerprint density at radius 3 is 2.31 bits per heavy atom. The Morgan fingerprint density at radius 2 is 1.85 bits per heavy atom. The number of anilines is 1. The quantitative estimate of drug-likeness (QED) is 0.666. The van der Waals surface area contributed by atoms with Crippen LogP contribution in [-0.2, 0) is 0 Å². The number of rotatable bonds is 2. The number of aryl methyl sites for hydroxylation is 2. The van der Waals surface area contributed by atoms with E-state index in [1.807, 2.05) is 14.0 Å². The minimum atomic E-state index is 1.06. The van der Waals surface area contributed by atoms with E-state index in [0.717, 1.165) is 5.70 Å². The lowest BCUT2D eigenvalue weighted by atomic mass is 10.1.